The largest absolute Gasteiger partial charge is 0.465 e. The molecule has 1 heterocycles. The van der Waals surface area contributed by atoms with E-state index in [1.165, 1.54) is 13.3 Å². The highest BCUT2D eigenvalue weighted by atomic mass is 16.5. The van der Waals surface area contributed by atoms with Gasteiger partial charge in [-0.05, 0) is 26.0 Å². The van der Waals surface area contributed by atoms with Gasteiger partial charge in [0, 0.05) is 5.56 Å². The number of hydrogen-bond acceptors (Lipinski definition) is 5. The van der Waals surface area contributed by atoms with Crippen LogP contribution in [0.5, 0.6) is 0 Å². The first-order valence-electron chi connectivity index (χ1n) is 5.94. The second kappa shape index (κ2) is 5.56. The maximum atomic E-state index is 12.0. The topological polar surface area (TPSA) is 81.4 Å². The number of nitrogens with one attached hydrogen (secondary N) is 1. The minimum absolute atomic E-state index is 0.112. The lowest BCUT2D eigenvalue weighted by molar-refractivity contribution is 0.0602. The van der Waals surface area contributed by atoms with Gasteiger partial charge in [-0.2, -0.15) is 0 Å². The van der Waals surface area contributed by atoms with Gasteiger partial charge in [0.2, 0.25) is 5.76 Å². The normalized spacial score (nSPS) is 10.2. The van der Waals surface area contributed by atoms with Crippen molar-refractivity contribution in [3.63, 3.8) is 0 Å². The summed E-state index contributed by atoms with van der Waals surface area (Å²) in [4.78, 5) is 23.8. The number of amides is 1. The number of carbonyl (C=O) groups is 2. The standard InChI is InChI=1S/C14H14N2O4/c1-8-4-5-11(10(6-8)14(18)19-3)16-13(17)12-9(2)7-15-20-12/h4-7H,1-3H3,(H,16,17). The van der Waals surface area contributed by atoms with E-state index in [-0.39, 0.29) is 11.3 Å². The maximum Gasteiger partial charge on any atom is 0.339 e. The zero-order valence-electron chi connectivity index (χ0n) is 11.4. The number of nitrogens with zero attached hydrogens (tertiary/aromatic N) is 1. The van der Waals surface area contributed by atoms with Gasteiger partial charge in [0.15, 0.2) is 0 Å². The highest BCUT2D eigenvalue weighted by molar-refractivity contribution is 6.07. The monoisotopic (exact) mass is 274 g/mol. The fourth-order valence-corrected chi connectivity index (χ4v) is 1.73. The Morgan fingerprint density at radius 1 is 1.30 bits per heavy atom. The number of esters is 1. The van der Waals surface area contributed by atoms with Crippen LogP contribution in [0.4, 0.5) is 5.69 Å². The molecule has 0 spiro atoms. The lowest BCUT2D eigenvalue weighted by Crippen LogP contribution is -2.15. The zero-order valence-corrected chi connectivity index (χ0v) is 11.4. The van der Waals surface area contributed by atoms with Crippen molar-refractivity contribution >= 4 is 17.6 Å². The van der Waals surface area contributed by atoms with Crippen molar-refractivity contribution in [1.29, 1.82) is 0 Å². The van der Waals surface area contributed by atoms with E-state index in [0.29, 0.717) is 11.3 Å². The highest BCUT2D eigenvalue weighted by Crippen LogP contribution is 2.20. The molecule has 1 aromatic carbocycles. The van der Waals surface area contributed by atoms with Crippen LogP contribution in [0.3, 0.4) is 0 Å². The molecule has 2 aromatic rings. The molecular formula is C14H14N2O4. The summed E-state index contributed by atoms with van der Waals surface area (Å²) in [6.07, 6.45) is 1.45. The average molecular weight is 274 g/mol. The van der Waals surface area contributed by atoms with Gasteiger partial charge in [-0.25, -0.2) is 4.79 Å². The summed E-state index contributed by atoms with van der Waals surface area (Å²) >= 11 is 0. The zero-order chi connectivity index (χ0) is 14.7. The van der Waals surface area contributed by atoms with E-state index in [1.54, 1.807) is 25.1 Å². The number of carbonyl (C=O) groups excluding carboxylic acids is 2. The molecule has 0 aliphatic heterocycles. The molecule has 2 rings (SSSR count). The molecule has 0 saturated carbocycles. The first-order valence-corrected chi connectivity index (χ1v) is 5.94. The third-order valence-electron chi connectivity index (χ3n) is 2.78. The molecule has 0 radical (unpaired) electrons. The fraction of sp³-hybridized carbons (Fsp3) is 0.214. The maximum absolute atomic E-state index is 12.0. The second-order valence-electron chi connectivity index (χ2n) is 4.33. The average Bonchev–Trinajstić information content (AvgIpc) is 2.86. The molecule has 0 fully saturated rings. The molecule has 0 bridgehead atoms. The minimum Gasteiger partial charge on any atom is -0.465 e. The third-order valence-corrected chi connectivity index (χ3v) is 2.78. The van der Waals surface area contributed by atoms with E-state index in [4.69, 9.17) is 9.26 Å². The Bertz CT molecular complexity index is 661. The SMILES string of the molecule is COC(=O)c1cc(C)ccc1NC(=O)c1oncc1C. The Morgan fingerprint density at radius 2 is 2.05 bits per heavy atom. The van der Waals surface area contributed by atoms with Crippen molar-refractivity contribution in [2.24, 2.45) is 0 Å². The van der Waals surface area contributed by atoms with Crippen molar-refractivity contribution < 1.29 is 18.8 Å². The first kappa shape index (κ1) is 13.8. The molecule has 6 nitrogen and oxygen atoms in total. The Kier molecular flexibility index (Phi) is 3.84. The van der Waals surface area contributed by atoms with Gasteiger partial charge >= 0.3 is 5.97 Å². The van der Waals surface area contributed by atoms with Crippen LogP contribution in [0.2, 0.25) is 0 Å². The van der Waals surface area contributed by atoms with Crippen molar-refractivity contribution in [3.8, 4) is 0 Å². The summed E-state index contributed by atoms with van der Waals surface area (Å²) in [5, 5.41) is 6.17. The quantitative estimate of drug-likeness (QED) is 0.869. The van der Waals surface area contributed by atoms with Crippen LogP contribution in [-0.4, -0.2) is 24.1 Å². The summed E-state index contributed by atoms with van der Waals surface area (Å²) in [6.45, 7) is 3.56. The molecule has 6 heteroatoms. The molecule has 104 valence electrons. The van der Waals surface area contributed by atoms with Crippen molar-refractivity contribution in [3.05, 3.63) is 46.8 Å². The van der Waals surface area contributed by atoms with E-state index in [9.17, 15) is 9.59 Å². The number of methoxy groups -OCH3 is 1. The number of hydrogen-bond donors (Lipinski definition) is 1. The van der Waals surface area contributed by atoms with Crippen LogP contribution in [0.1, 0.15) is 32.0 Å². The second-order valence-corrected chi connectivity index (χ2v) is 4.33. The number of rotatable bonds is 3. The van der Waals surface area contributed by atoms with Crippen LogP contribution in [0.25, 0.3) is 0 Å². The third kappa shape index (κ3) is 2.69. The van der Waals surface area contributed by atoms with Gasteiger partial charge in [0.1, 0.15) is 0 Å². The summed E-state index contributed by atoms with van der Waals surface area (Å²) in [6, 6.07) is 5.08. The molecule has 0 aliphatic carbocycles. The Labute approximate surface area is 115 Å². The van der Waals surface area contributed by atoms with Crippen LogP contribution in [0, 0.1) is 13.8 Å². The van der Waals surface area contributed by atoms with Crippen LogP contribution in [0.15, 0.2) is 28.9 Å². The van der Waals surface area contributed by atoms with Gasteiger partial charge in [-0.1, -0.05) is 16.8 Å². The van der Waals surface area contributed by atoms with E-state index in [2.05, 4.69) is 10.5 Å². The lowest BCUT2D eigenvalue weighted by Gasteiger charge is -2.09. The molecule has 0 saturated heterocycles. The highest BCUT2D eigenvalue weighted by Gasteiger charge is 2.18. The summed E-state index contributed by atoms with van der Waals surface area (Å²) in [7, 11) is 1.29. The molecular weight excluding hydrogens is 260 g/mol. The van der Waals surface area contributed by atoms with Gasteiger partial charge in [-0.15, -0.1) is 0 Å². The molecule has 0 atom stereocenters. The van der Waals surface area contributed by atoms with Crippen molar-refractivity contribution in [2.75, 3.05) is 12.4 Å². The number of aryl methyl sites for hydroxylation is 2. The van der Waals surface area contributed by atoms with E-state index >= 15 is 0 Å². The lowest BCUT2D eigenvalue weighted by atomic mass is 10.1. The Hall–Kier alpha value is -2.63. The minimum atomic E-state index is -0.515. The number of benzene rings is 1. The molecule has 1 aromatic heterocycles. The van der Waals surface area contributed by atoms with Crippen molar-refractivity contribution in [1.82, 2.24) is 5.16 Å². The smallest absolute Gasteiger partial charge is 0.339 e. The first-order chi connectivity index (χ1) is 9.52. The van der Waals surface area contributed by atoms with Gasteiger partial charge in [-0.3, -0.25) is 4.79 Å². The summed E-state index contributed by atoms with van der Waals surface area (Å²) in [5.41, 5.74) is 2.16. The Balaban J connectivity index is 2.32. The van der Waals surface area contributed by atoms with Gasteiger partial charge < -0.3 is 14.6 Å². The van der Waals surface area contributed by atoms with Gasteiger partial charge in [0.05, 0.1) is 24.6 Å². The predicted molar refractivity (Wildman–Crippen MR) is 71.7 cm³/mol. The van der Waals surface area contributed by atoms with E-state index in [0.717, 1.165) is 5.56 Å². The number of anilines is 1. The Morgan fingerprint density at radius 3 is 2.65 bits per heavy atom. The van der Waals surface area contributed by atoms with Crippen LogP contribution in [-0.2, 0) is 4.74 Å². The molecule has 1 amide bonds. The molecule has 0 unspecified atom stereocenters. The van der Waals surface area contributed by atoms with Crippen LogP contribution >= 0.6 is 0 Å². The fourth-order valence-electron chi connectivity index (χ4n) is 1.73. The molecule has 20 heavy (non-hydrogen) atoms. The molecule has 0 aliphatic rings. The van der Waals surface area contributed by atoms with E-state index < -0.39 is 11.9 Å². The van der Waals surface area contributed by atoms with Crippen molar-refractivity contribution in [2.45, 2.75) is 13.8 Å². The number of ether oxygens (including phenoxy) is 1. The van der Waals surface area contributed by atoms with Crippen LogP contribution < -0.4 is 5.32 Å². The number of aromatic nitrogens is 1. The molecule has 1 N–H and O–H groups in total. The predicted octanol–water partition coefficient (Wildman–Crippen LogP) is 2.33. The van der Waals surface area contributed by atoms with Gasteiger partial charge in [0.25, 0.3) is 5.91 Å². The summed E-state index contributed by atoms with van der Waals surface area (Å²) < 4.78 is 9.57. The summed E-state index contributed by atoms with van der Waals surface area (Å²) in [5.74, 6) is -0.867. The van der Waals surface area contributed by atoms with E-state index in [1.807, 2.05) is 6.92 Å².